The highest BCUT2D eigenvalue weighted by Crippen LogP contribution is 2.21. The van der Waals surface area contributed by atoms with Gasteiger partial charge in [0.15, 0.2) is 0 Å². The van der Waals surface area contributed by atoms with E-state index < -0.39 is 0 Å². The summed E-state index contributed by atoms with van der Waals surface area (Å²) in [6.07, 6.45) is 3.78. The van der Waals surface area contributed by atoms with E-state index in [4.69, 9.17) is 0 Å². The second kappa shape index (κ2) is 5.46. The van der Waals surface area contributed by atoms with Crippen LogP contribution in [-0.2, 0) is 6.54 Å². The molecule has 1 atom stereocenters. The molecule has 0 amide bonds. The van der Waals surface area contributed by atoms with Crippen LogP contribution in [0.5, 0.6) is 0 Å². The standard InChI is InChI=1S/C14H22N2/c1-2-8-14(9-10-15-12-14)16-11-13-6-4-3-5-7-13/h3-7,15-16H,2,8-12H2,1H3. The molecule has 1 unspecified atom stereocenters. The molecule has 1 aromatic rings. The molecule has 16 heavy (non-hydrogen) atoms. The lowest BCUT2D eigenvalue weighted by atomic mass is 9.92. The van der Waals surface area contributed by atoms with Crippen LogP contribution < -0.4 is 10.6 Å². The molecule has 0 aliphatic carbocycles. The maximum absolute atomic E-state index is 3.75. The number of hydrogen-bond acceptors (Lipinski definition) is 2. The van der Waals surface area contributed by atoms with Crippen molar-refractivity contribution in [3.05, 3.63) is 35.9 Å². The molecular weight excluding hydrogens is 196 g/mol. The molecule has 0 saturated carbocycles. The van der Waals surface area contributed by atoms with Gasteiger partial charge in [0.1, 0.15) is 0 Å². The zero-order valence-corrected chi connectivity index (χ0v) is 10.1. The normalized spacial score (nSPS) is 24.8. The van der Waals surface area contributed by atoms with Crippen molar-refractivity contribution >= 4 is 0 Å². The second-order valence-electron chi connectivity index (χ2n) is 4.80. The molecule has 88 valence electrons. The molecule has 1 aliphatic heterocycles. The maximum atomic E-state index is 3.75. The van der Waals surface area contributed by atoms with Crippen molar-refractivity contribution in [1.29, 1.82) is 0 Å². The summed E-state index contributed by atoms with van der Waals surface area (Å²) in [6.45, 7) is 5.53. The van der Waals surface area contributed by atoms with Crippen LogP contribution in [0.15, 0.2) is 30.3 Å². The molecule has 2 N–H and O–H groups in total. The molecule has 1 heterocycles. The monoisotopic (exact) mass is 218 g/mol. The van der Waals surface area contributed by atoms with Gasteiger partial charge in [-0.1, -0.05) is 43.7 Å². The topological polar surface area (TPSA) is 24.1 Å². The third kappa shape index (κ3) is 2.83. The maximum Gasteiger partial charge on any atom is 0.0321 e. The predicted octanol–water partition coefficient (Wildman–Crippen LogP) is 2.31. The van der Waals surface area contributed by atoms with Gasteiger partial charge in [0.05, 0.1) is 0 Å². The zero-order valence-electron chi connectivity index (χ0n) is 10.1. The van der Waals surface area contributed by atoms with Crippen LogP contribution in [0.4, 0.5) is 0 Å². The first kappa shape index (κ1) is 11.6. The van der Waals surface area contributed by atoms with Gasteiger partial charge >= 0.3 is 0 Å². The van der Waals surface area contributed by atoms with E-state index >= 15 is 0 Å². The van der Waals surface area contributed by atoms with Crippen LogP contribution >= 0.6 is 0 Å². The lowest BCUT2D eigenvalue weighted by molar-refractivity contribution is 0.324. The third-order valence-electron chi connectivity index (χ3n) is 3.48. The first-order chi connectivity index (χ1) is 7.85. The Morgan fingerprint density at radius 3 is 2.75 bits per heavy atom. The Kier molecular flexibility index (Phi) is 3.97. The van der Waals surface area contributed by atoms with Crippen LogP contribution in [0.1, 0.15) is 31.7 Å². The van der Waals surface area contributed by atoms with Crippen molar-refractivity contribution in [3.8, 4) is 0 Å². The minimum Gasteiger partial charge on any atom is -0.315 e. The molecule has 0 spiro atoms. The van der Waals surface area contributed by atoms with Crippen molar-refractivity contribution in [2.24, 2.45) is 0 Å². The summed E-state index contributed by atoms with van der Waals surface area (Å²) in [5.74, 6) is 0. The molecule has 0 aromatic heterocycles. The molecule has 1 saturated heterocycles. The summed E-state index contributed by atoms with van der Waals surface area (Å²) in [5.41, 5.74) is 1.72. The van der Waals surface area contributed by atoms with E-state index in [0.717, 1.165) is 19.6 Å². The van der Waals surface area contributed by atoms with E-state index in [2.05, 4.69) is 47.9 Å². The minimum absolute atomic E-state index is 0.338. The molecule has 2 heteroatoms. The highest BCUT2D eigenvalue weighted by atomic mass is 15.1. The lowest BCUT2D eigenvalue weighted by Gasteiger charge is -2.29. The van der Waals surface area contributed by atoms with Gasteiger partial charge in [0.2, 0.25) is 0 Å². The third-order valence-corrected chi connectivity index (χ3v) is 3.48. The second-order valence-corrected chi connectivity index (χ2v) is 4.80. The van der Waals surface area contributed by atoms with Gasteiger partial charge in [-0.2, -0.15) is 0 Å². The summed E-state index contributed by atoms with van der Waals surface area (Å²) in [5, 5.41) is 7.22. The van der Waals surface area contributed by atoms with Gasteiger partial charge in [-0.25, -0.2) is 0 Å². The highest BCUT2D eigenvalue weighted by molar-refractivity contribution is 5.15. The van der Waals surface area contributed by atoms with Crippen LogP contribution in [0.25, 0.3) is 0 Å². The van der Waals surface area contributed by atoms with Crippen molar-refractivity contribution in [3.63, 3.8) is 0 Å². The van der Waals surface area contributed by atoms with E-state index in [1.165, 1.54) is 24.8 Å². The molecule has 1 aromatic carbocycles. The Bertz CT molecular complexity index is 302. The summed E-state index contributed by atoms with van der Waals surface area (Å²) >= 11 is 0. The number of benzene rings is 1. The van der Waals surface area contributed by atoms with Crippen LogP contribution in [0, 0.1) is 0 Å². The fourth-order valence-corrected chi connectivity index (χ4v) is 2.56. The van der Waals surface area contributed by atoms with Crippen molar-refractivity contribution < 1.29 is 0 Å². The Balaban J connectivity index is 1.92. The predicted molar refractivity (Wildman–Crippen MR) is 68.4 cm³/mol. The van der Waals surface area contributed by atoms with E-state index in [0.29, 0.717) is 5.54 Å². The van der Waals surface area contributed by atoms with E-state index in [-0.39, 0.29) is 0 Å². The average molecular weight is 218 g/mol. The number of rotatable bonds is 5. The van der Waals surface area contributed by atoms with Crippen LogP contribution in [0.3, 0.4) is 0 Å². The summed E-state index contributed by atoms with van der Waals surface area (Å²) < 4.78 is 0. The number of nitrogens with one attached hydrogen (secondary N) is 2. The Morgan fingerprint density at radius 1 is 1.31 bits per heavy atom. The first-order valence-electron chi connectivity index (χ1n) is 6.34. The smallest absolute Gasteiger partial charge is 0.0321 e. The van der Waals surface area contributed by atoms with E-state index in [1.54, 1.807) is 0 Å². The molecular formula is C14H22N2. The van der Waals surface area contributed by atoms with Gasteiger partial charge in [-0.3, -0.25) is 0 Å². The highest BCUT2D eigenvalue weighted by Gasteiger charge is 2.31. The van der Waals surface area contributed by atoms with E-state index in [1.807, 2.05) is 0 Å². The van der Waals surface area contributed by atoms with Gasteiger partial charge in [0, 0.05) is 18.6 Å². The zero-order chi connectivity index (χ0) is 11.3. The summed E-state index contributed by atoms with van der Waals surface area (Å²) in [4.78, 5) is 0. The number of hydrogen-bond donors (Lipinski definition) is 2. The first-order valence-corrected chi connectivity index (χ1v) is 6.34. The molecule has 1 aliphatic rings. The van der Waals surface area contributed by atoms with Gasteiger partial charge in [0.25, 0.3) is 0 Å². The quantitative estimate of drug-likeness (QED) is 0.792. The fourth-order valence-electron chi connectivity index (χ4n) is 2.56. The van der Waals surface area contributed by atoms with Crippen molar-refractivity contribution in [1.82, 2.24) is 10.6 Å². The summed E-state index contributed by atoms with van der Waals surface area (Å²) in [7, 11) is 0. The molecule has 2 rings (SSSR count). The SMILES string of the molecule is CCCC1(NCc2ccccc2)CCNC1. The van der Waals surface area contributed by atoms with Gasteiger partial charge in [-0.15, -0.1) is 0 Å². The van der Waals surface area contributed by atoms with Gasteiger partial charge < -0.3 is 10.6 Å². The minimum atomic E-state index is 0.338. The average Bonchev–Trinajstić information content (AvgIpc) is 2.78. The Morgan fingerprint density at radius 2 is 2.12 bits per heavy atom. The van der Waals surface area contributed by atoms with Gasteiger partial charge in [-0.05, 0) is 24.9 Å². The molecule has 0 bridgehead atoms. The molecule has 0 radical (unpaired) electrons. The van der Waals surface area contributed by atoms with Crippen molar-refractivity contribution in [2.75, 3.05) is 13.1 Å². The Hall–Kier alpha value is -0.860. The summed E-state index contributed by atoms with van der Waals surface area (Å²) in [6, 6.07) is 10.7. The fraction of sp³-hybridized carbons (Fsp3) is 0.571. The molecule has 2 nitrogen and oxygen atoms in total. The van der Waals surface area contributed by atoms with Crippen LogP contribution in [-0.4, -0.2) is 18.6 Å². The van der Waals surface area contributed by atoms with Crippen molar-refractivity contribution in [2.45, 2.75) is 38.3 Å². The largest absolute Gasteiger partial charge is 0.315 e. The lowest BCUT2D eigenvalue weighted by Crippen LogP contribution is -2.46. The van der Waals surface area contributed by atoms with E-state index in [9.17, 15) is 0 Å². The Labute approximate surface area is 98.4 Å². The van der Waals surface area contributed by atoms with Crippen LogP contribution in [0.2, 0.25) is 0 Å². The molecule has 1 fully saturated rings.